The average molecular weight is 285 g/mol. The number of halogens is 3. The van der Waals surface area contributed by atoms with Gasteiger partial charge in [-0.2, -0.15) is 13.8 Å². The van der Waals surface area contributed by atoms with Gasteiger partial charge in [-0.1, -0.05) is 17.7 Å². The fourth-order valence-corrected chi connectivity index (χ4v) is 1.42. The number of hydrogen-bond acceptors (Lipinski definition) is 4. The molecule has 0 atom stereocenters. The fourth-order valence-electron chi connectivity index (χ4n) is 1.31. The molecule has 0 aliphatic carbocycles. The minimum atomic E-state index is -1.08. The number of pyridine rings is 2. The highest BCUT2D eigenvalue weighted by atomic mass is 35.5. The fraction of sp³-hybridized carbons (Fsp3) is 0.0833. The summed E-state index contributed by atoms with van der Waals surface area (Å²) in [6, 6.07) is 4.75. The van der Waals surface area contributed by atoms with Gasteiger partial charge in [0.25, 0.3) is 0 Å². The number of rotatable bonds is 3. The van der Waals surface area contributed by atoms with E-state index >= 15 is 0 Å². The second kappa shape index (κ2) is 5.71. The van der Waals surface area contributed by atoms with Crippen LogP contribution in [0.15, 0.2) is 30.5 Å². The molecule has 2 aromatic rings. The molecule has 0 N–H and O–H groups in total. The zero-order valence-corrected chi connectivity index (χ0v) is 10.2. The molecule has 19 heavy (non-hydrogen) atoms. The highest BCUT2D eigenvalue weighted by Crippen LogP contribution is 2.10. The second-order valence-electron chi connectivity index (χ2n) is 3.57. The Bertz CT molecular complexity index is 585. The first-order valence-electron chi connectivity index (χ1n) is 5.15. The van der Waals surface area contributed by atoms with Crippen molar-refractivity contribution in [1.82, 2.24) is 9.97 Å². The van der Waals surface area contributed by atoms with Gasteiger partial charge in [-0.05, 0) is 6.07 Å². The Labute approximate surface area is 112 Å². The largest absolute Gasteiger partial charge is 0.457 e. The molecule has 0 aromatic carbocycles. The number of aromatic nitrogens is 2. The molecule has 0 saturated heterocycles. The molecule has 98 valence electrons. The molecule has 0 saturated carbocycles. The van der Waals surface area contributed by atoms with Crippen molar-refractivity contribution in [2.45, 2.75) is 6.61 Å². The summed E-state index contributed by atoms with van der Waals surface area (Å²) in [5.41, 5.74) is 0.361. The summed E-state index contributed by atoms with van der Waals surface area (Å²) in [7, 11) is 0. The second-order valence-corrected chi connectivity index (χ2v) is 3.95. The van der Waals surface area contributed by atoms with Crippen LogP contribution < -0.4 is 0 Å². The van der Waals surface area contributed by atoms with Crippen LogP contribution >= 0.6 is 11.6 Å². The summed E-state index contributed by atoms with van der Waals surface area (Å²) in [6.45, 7) is -0.0748. The minimum Gasteiger partial charge on any atom is -0.457 e. The quantitative estimate of drug-likeness (QED) is 0.642. The zero-order chi connectivity index (χ0) is 13.8. The standard InChI is InChI=1S/C12H7ClF2N2O2/c13-9-2-1-7(5-16-9)6-19-12(18)8-3-10(14)17-11(15)4-8/h1-5H,6H2. The Morgan fingerprint density at radius 1 is 1.26 bits per heavy atom. The third-order valence-corrected chi connectivity index (χ3v) is 2.38. The number of esters is 1. The molecule has 4 nitrogen and oxygen atoms in total. The number of hydrogen-bond donors (Lipinski definition) is 0. The molecule has 2 heterocycles. The summed E-state index contributed by atoms with van der Waals surface area (Å²) in [4.78, 5) is 18.2. The maximum atomic E-state index is 12.8. The van der Waals surface area contributed by atoms with Gasteiger partial charge in [0.2, 0.25) is 11.9 Å². The Morgan fingerprint density at radius 3 is 2.53 bits per heavy atom. The van der Waals surface area contributed by atoms with Gasteiger partial charge >= 0.3 is 5.97 Å². The van der Waals surface area contributed by atoms with Gasteiger partial charge < -0.3 is 4.74 Å². The molecule has 0 aliphatic rings. The summed E-state index contributed by atoms with van der Waals surface area (Å²) < 4.78 is 30.5. The maximum Gasteiger partial charge on any atom is 0.338 e. The monoisotopic (exact) mass is 284 g/mol. The van der Waals surface area contributed by atoms with E-state index in [4.69, 9.17) is 16.3 Å². The molecule has 0 amide bonds. The lowest BCUT2D eigenvalue weighted by molar-refractivity contribution is 0.0471. The first-order chi connectivity index (χ1) is 9.04. The van der Waals surface area contributed by atoms with Gasteiger partial charge in [0.15, 0.2) is 0 Å². The van der Waals surface area contributed by atoms with Gasteiger partial charge in [-0.15, -0.1) is 0 Å². The van der Waals surface area contributed by atoms with Crippen molar-refractivity contribution in [3.05, 3.63) is 58.6 Å². The summed E-state index contributed by atoms with van der Waals surface area (Å²) in [6.07, 6.45) is 1.43. The first-order valence-corrected chi connectivity index (χ1v) is 5.53. The Morgan fingerprint density at radius 2 is 1.95 bits per heavy atom. The molecule has 7 heteroatoms. The smallest absolute Gasteiger partial charge is 0.338 e. The molecule has 0 fully saturated rings. The summed E-state index contributed by atoms with van der Waals surface area (Å²) in [5, 5.41) is 0.313. The highest BCUT2D eigenvalue weighted by molar-refractivity contribution is 6.29. The Hall–Kier alpha value is -2.08. The average Bonchev–Trinajstić information content (AvgIpc) is 2.36. The molecule has 0 spiro atoms. The summed E-state index contributed by atoms with van der Waals surface area (Å²) in [5.74, 6) is -3.02. The SMILES string of the molecule is O=C(OCc1ccc(Cl)nc1)c1cc(F)nc(F)c1. The molecule has 2 rings (SSSR count). The molecule has 2 aromatic heterocycles. The van der Waals surface area contributed by atoms with Crippen molar-refractivity contribution in [3.63, 3.8) is 0 Å². The lowest BCUT2D eigenvalue weighted by atomic mass is 10.2. The van der Waals surface area contributed by atoms with Crippen LogP contribution in [0.5, 0.6) is 0 Å². The molecule has 0 unspecified atom stereocenters. The zero-order valence-electron chi connectivity index (χ0n) is 9.44. The van der Waals surface area contributed by atoms with Crippen LogP contribution in [0.25, 0.3) is 0 Å². The third-order valence-electron chi connectivity index (χ3n) is 2.16. The normalized spacial score (nSPS) is 10.3. The van der Waals surface area contributed by atoms with E-state index in [1.807, 2.05) is 0 Å². The number of ether oxygens (including phenoxy) is 1. The van der Waals surface area contributed by atoms with E-state index in [0.717, 1.165) is 12.1 Å². The molecule has 0 bridgehead atoms. The lowest BCUT2D eigenvalue weighted by Crippen LogP contribution is -2.07. The van der Waals surface area contributed by atoms with Gasteiger partial charge in [-0.25, -0.2) is 9.78 Å². The van der Waals surface area contributed by atoms with E-state index in [1.165, 1.54) is 12.3 Å². The number of nitrogens with zero attached hydrogens (tertiary/aromatic N) is 2. The molecule has 0 aliphatic heterocycles. The van der Waals surface area contributed by atoms with E-state index in [9.17, 15) is 13.6 Å². The minimum absolute atomic E-state index is 0.0748. The molecular weight excluding hydrogens is 278 g/mol. The van der Waals surface area contributed by atoms with Crippen LogP contribution in [-0.2, 0) is 11.3 Å². The summed E-state index contributed by atoms with van der Waals surface area (Å²) >= 11 is 5.60. The van der Waals surface area contributed by atoms with E-state index in [2.05, 4.69) is 9.97 Å². The van der Waals surface area contributed by atoms with Crippen molar-refractivity contribution in [3.8, 4) is 0 Å². The van der Waals surface area contributed by atoms with Crippen LogP contribution in [0.3, 0.4) is 0 Å². The predicted molar refractivity (Wildman–Crippen MR) is 62.5 cm³/mol. The van der Waals surface area contributed by atoms with E-state index < -0.39 is 17.9 Å². The van der Waals surface area contributed by atoms with Gasteiger partial charge in [0.1, 0.15) is 11.8 Å². The van der Waals surface area contributed by atoms with E-state index in [1.54, 1.807) is 6.07 Å². The van der Waals surface area contributed by atoms with E-state index in [0.29, 0.717) is 10.7 Å². The van der Waals surface area contributed by atoms with E-state index in [-0.39, 0.29) is 12.2 Å². The number of carbonyl (C=O) groups is 1. The Kier molecular flexibility index (Phi) is 4.01. The molecule has 0 radical (unpaired) electrons. The third kappa shape index (κ3) is 3.69. The lowest BCUT2D eigenvalue weighted by Gasteiger charge is -2.04. The maximum absolute atomic E-state index is 12.8. The predicted octanol–water partition coefficient (Wildman–Crippen LogP) is 2.77. The van der Waals surface area contributed by atoms with Crippen LogP contribution in [0.4, 0.5) is 8.78 Å². The van der Waals surface area contributed by atoms with Crippen molar-refractivity contribution in [1.29, 1.82) is 0 Å². The first kappa shape index (κ1) is 13.4. The van der Waals surface area contributed by atoms with Crippen LogP contribution in [0.1, 0.15) is 15.9 Å². The Balaban J connectivity index is 2.03. The molecular formula is C12H7ClF2N2O2. The van der Waals surface area contributed by atoms with Crippen molar-refractivity contribution in [2.75, 3.05) is 0 Å². The van der Waals surface area contributed by atoms with Crippen LogP contribution in [0.2, 0.25) is 5.15 Å². The van der Waals surface area contributed by atoms with Crippen molar-refractivity contribution in [2.24, 2.45) is 0 Å². The van der Waals surface area contributed by atoms with Crippen molar-refractivity contribution >= 4 is 17.6 Å². The van der Waals surface area contributed by atoms with Gasteiger partial charge in [-0.3, -0.25) is 0 Å². The van der Waals surface area contributed by atoms with Gasteiger partial charge in [0.05, 0.1) is 5.56 Å². The topological polar surface area (TPSA) is 52.1 Å². The van der Waals surface area contributed by atoms with Gasteiger partial charge in [0, 0.05) is 23.9 Å². The van der Waals surface area contributed by atoms with Crippen molar-refractivity contribution < 1.29 is 18.3 Å². The van der Waals surface area contributed by atoms with Crippen LogP contribution in [0, 0.1) is 11.9 Å². The number of carbonyl (C=O) groups excluding carboxylic acids is 1. The highest BCUT2D eigenvalue weighted by Gasteiger charge is 2.11. The van der Waals surface area contributed by atoms with Crippen LogP contribution in [-0.4, -0.2) is 15.9 Å².